The van der Waals surface area contributed by atoms with Crippen molar-refractivity contribution in [2.75, 3.05) is 0 Å². The number of aliphatic hydroxyl groups excluding tert-OH is 1. The largest absolute Gasteiger partial charge is 0.437 e. The molecule has 108 valence electrons. The molecule has 5 nitrogen and oxygen atoms in total. The van der Waals surface area contributed by atoms with Crippen molar-refractivity contribution >= 4 is 10.9 Å². The molecule has 0 bridgehead atoms. The third-order valence-corrected chi connectivity index (χ3v) is 3.48. The maximum atomic E-state index is 9.50. The molecular formula is C16H17N3O2. The molecule has 3 rings (SSSR count). The third-order valence-electron chi connectivity index (χ3n) is 3.48. The SMILES string of the molecule is Cc1ccc2cccc(Oc3c(CO)c(C)nn3C)c2n1. The minimum Gasteiger partial charge on any atom is -0.437 e. The van der Waals surface area contributed by atoms with E-state index in [2.05, 4.69) is 10.1 Å². The Morgan fingerprint density at radius 2 is 2.00 bits per heavy atom. The number of rotatable bonds is 3. The van der Waals surface area contributed by atoms with Crippen LogP contribution < -0.4 is 4.74 Å². The number of aliphatic hydroxyl groups is 1. The first-order chi connectivity index (χ1) is 10.1. The van der Waals surface area contributed by atoms with Crippen LogP contribution in [0.25, 0.3) is 10.9 Å². The lowest BCUT2D eigenvalue weighted by atomic mass is 10.2. The highest BCUT2D eigenvalue weighted by atomic mass is 16.5. The number of ether oxygens (including phenoxy) is 1. The summed E-state index contributed by atoms with van der Waals surface area (Å²) in [5.41, 5.74) is 3.20. The fourth-order valence-electron chi connectivity index (χ4n) is 2.39. The Bertz CT molecular complexity index is 809. The van der Waals surface area contributed by atoms with Gasteiger partial charge < -0.3 is 9.84 Å². The van der Waals surface area contributed by atoms with E-state index >= 15 is 0 Å². The van der Waals surface area contributed by atoms with Gasteiger partial charge in [-0.1, -0.05) is 18.2 Å². The van der Waals surface area contributed by atoms with E-state index in [1.54, 1.807) is 11.7 Å². The first-order valence-electron chi connectivity index (χ1n) is 6.77. The van der Waals surface area contributed by atoms with Crippen LogP contribution in [0.3, 0.4) is 0 Å². The maximum Gasteiger partial charge on any atom is 0.223 e. The molecule has 0 fully saturated rings. The number of hydrogen-bond acceptors (Lipinski definition) is 4. The molecule has 0 saturated heterocycles. The summed E-state index contributed by atoms with van der Waals surface area (Å²) in [6.45, 7) is 3.69. The van der Waals surface area contributed by atoms with Crippen LogP contribution in [0.4, 0.5) is 0 Å². The molecule has 0 spiro atoms. The normalized spacial score (nSPS) is 11.0. The molecule has 0 radical (unpaired) electrons. The molecule has 1 aromatic carbocycles. The van der Waals surface area contributed by atoms with Crippen molar-refractivity contribution in [3.63, 3.8) is 0 Å². The molecule has 3 aromatic rings. The quantitative estimate of drug-likeness (QED) is 0.803. The highest BCUT2D eigenvalue weighted by Gasteiger charge is 2.16. The Morgan fingerprint density at radius 3 is 2.76 bits per heavy atom. The van der Waals surface area contributed by atoms with Crippen LogP contribution in [0.1, 0.15) is 17.0 Å². The Labute approximate surface area is 122 Å². The van der Waals surface area contributed by atoms with E-state index in [4.69, 9.17) is 4.74 Å². The first-order valence-corrected chi connectivity index (χ1v) is 6.77. The summed E-state index contributed by atoms with van der Waals surface area (Å²) in [6.07, 6.45) is 0. The van der Waals surface area contributed by atoms with Gasteiger partial charge in [-0.2, -0.15) is 5.10 Å². The molecule has 0 aliphatic heterocycles. The summed E-state index contributed by atoms with van der Waals surface area (Å²) in [7, 11) is 1.80. The second-order valence-corrected chi connectivity index (χ2v) is 5.03. The zero-order valence-corrected chi connectivity index (χ0v) is 12.3. The van der Waals surface area contributed by atoms with Gasteiger partial charge in [-0.05, 0) is 26.0 Å². The van der Waals surface area contributed by atoms with Crippen LogP contribution in [-0.4, -0.2) is 19.9 Å². The lowest BCUT2D eigenvalue weighted by molar-refractivity contribution is 0.274. The van der Waals surface area contributed by atoms with Crippen molar-refractivity contribution in [2.24, 2.45) is 7.05 Å². The van der Waals surface area contributed by atoms with Gasteiger partial charge in [-0.3, -0.25) is 0 Å². The lowest BCUT2D eigenvalue weighted by Gasteiger charge is -2.10. The van der Waals surface area contributed by atoms with Crippen molar-refractivity contribution in [1.29, 1.82) is 0 Å². The van der Waals surface area contributed by atoms with E-state index in [1.807, 2.05) is 44.2 Å². The van der Waals surface area contributed by atoms with Gasteiger partial charge in [0.15, 0.2) is 5.75 Å². The molecule has 2 heterocycles. The van der Waals surface area contributed by atoms with E-state index in [0.717, 1.165) is 22.3 Å². The van der Waals surface area contributed by atoms with Gasteiger partial charge in [-0.15, -0.1) is 0 Å². The van der Waals surface area contributed by atoms with Gasteiger partial charge >= 0.3 is 0 Å². The molecule has 1 N–H and O–H groups in total. The molecule has 0 aliphatic carbocycles. The summed E-state index contributed by atoms with van der Waals surface area (Å²) in [4.78, 5) is 4.55. The zero-order chi connectivity index (χ0) is 15.0. The number of para-hydroxylation sites is 1. The molecule has 0 aliphatic rings. The molecule has 0 amide bonds. The molecule has 21 heavy (non-hydrogen) atoms. The standard InChI is InChI=1S/C16H17N3O2/c1-10-7-8-12-5-4-6-14(15(12)17-10)21-16-13(9-20)11(2)18-19(16)3/h4-8,20H,9H2,1-3H3. The summed E-state index contributed by atoms with van der Waals surface area (Å²) in [6, 6.07) is 9.79. The van der Waals surface area contributed by atoms with Crippen molar-refractivity contribution in [1.82, 2.24) is 14.8 Å². The predicted molar refractivity (Wildman–Crippen MR) is 80.4 cm³/mol. The van der Waals surface area contributed by atoms with E-state index < -0.39 is 0 Å². The van der Waals surface area contributed by atoms with Crippen LogP contribution in [0.15, 0.2) is 30.3 Å². The zero-order valence-electron chi connectivity index (χ0n) is 12.3. The first kappa shape index (κ1) is 13.6. The monoisotopic (exact) mass is 283 g/mol. The van der Waals surface area contributed by atoms with Gasteiger partial charge in [0.05, 0.1) is 17.9 Å². The summed E-state index contributed by atoms with van der Waals surface area (Å²) in [5.74, 6) is 1.21. The number of nitrogens with zero attached hydrogens (tertiary/aromatic N) is 3. The van der Waals surface area contributed by atoms with Crippen molar-refractivity contribution < 1.29 is 9.84 Å². The van der Waals surface area contributed by atoms with Crippen LogP contribution in [0.5, 0.6) is 11.6 Å². The minimum atomic E-state index is -0.105. The fourth-order valence-corrected chi connectivity index (χ4v) is 2.39. The number of aromatic nitrogens is 3. The molecule has 2 aromatic heterocycles. The van der Waals surface area contributed by atoms with Crippen molar-refractivity contribution in [2.45, 2.75) is 20.5 Å². The number of pyridine rings is 1. The van der Waals surface area contributed by atoms with Crippen LogP contribution >= 0.6 is 0 Å². The molecule has 0 atom stereocenters. The van der Waals surface area contributed by atoms with E-state index in [1.165, 1.54) is 0 Å². The second-order valence-electron chi connectivity index (χ2n) is 5.03. The van der Waals surface area contributed by atoms with E-state index in [0.29, 0.717) is 17.2 Å². The highest BCUT2D eigenvalue weighted by molar-refractivity contribution is 5.84. The molecule has 0 saturated carbocycles. The van der Waals surface area contributed by atoms with E-state index in [9.17, 15) is 5.11 Å². The van der Waals surface area contributed by atoms with Crippen molar-refractivity contribution in [3.05, 3.63) is 47.3 Å². The minimum absolute atomic E-state index is 0.105. The number of fused-ring (bicyclic) bond motifs is 1. The Kier molecular flexibility index (Phi) is 3.35. The Balaban J connectivity index is 2.12. The number of hydrogen-bond donors (Lipinski definition) is 1. The average Bonchev–Trinajstić information content (AvgIpc) is 2.73. The van der Waals surface area contributed by atoms with Gasteiger partial charge in [-0.25, -0.2) is 9.67 Å². The number of aryl methyl sites for hydroxylation is 3. The molecule has 0 unspecified atom stereocenters. The number of benzene rings is 1. The summed E-state index contributed by atoms with van der Waals surface area (Å²) < 4.78 is 7.63. The van der Waals surface area contributed by atoms with Crippen LogP contribution in [0, 0.1) is 13.8 Å². The van der Waals surface area contributed by atoms with Crippen molar-refractivity contribution in [3.8, 4) is 11.6 Å². The average molecular weight is 283 g/mol. The Hall–Kier alpha value is -2.40. The molecule has 5 heteroatoms. The van der Waals surface area contributed by atoms with Gasteiger partial charge in [0, 0.05) is 18.1 Å². The smallest absolute Gasteiger partial charge is 0.223 e. The van der Waals surface area contributed by atoms with Crippen LogP contribution in [0.2, 0.25) is 0 Å². The fraction of sp³-hybridized carbons (Fsp3) is 0.250. The Morgan fingerprint density at radius 1 is 1.19 bits per heavy atom. The third kappa shape index (κ3) is 2.36. The van der Waals surface area contributed by atoms with E-state index in [-0.39, 0.29) is 6.61 Å². The maximum absolute atomic E-state index is 9.50. The van der Waals surface area contributed by atoms with Crippen LogP contribution in [-0.2, 0) is 13.7 Å². The van der Waals surface area contributed by atoms with Gasteiger partial charge in [0.2, 0.25) is 5.88 Å². The summed E-state index contributed by atoms with van der Waals surface area (Å²) in [5, 5.41) is 14.8. The predicted octanol–water partition coefficient (Wildman–Crippen LogP) is 2.87. The highest BCUT2D eigenvalue weighted by Crippen LogP contribution is 2.31. The van der Waals surface area contributed by atoms with Gasteiger partial charge in [0.25, 0.3) is 0 Å². The second kappa shape index (κ2) is 5.18. The summed E-state index contributed by atoms with van der Waals surface area (Å²) >= 11 is 0. The van der Waals surface area contributed by atoms with Gasteiger partial charge in [0.1, 0.15) is 5.52 Å². The molecular weight excluding hydrogens is 266 g/mol. The topological polar surface area (TPSA) is 60.2 Å². The lowest BCUT2D eigenvalue weighted by Crippen LogP contribution is -1.98.